The molecular formula is C11H12BrFN4S2. The van der Waals surface area contributed by atoms with Gasteiger partial charge in [0.15, 0.2) is 12.3 Å². The van der Waals surface area contributed by atoms with Crippen molar-refractivity contribution in [1.82, 2.24) is 14.2 Å². The number of pyridine rings is 1. The lowest BCUT2D eigenvalue weighted by atomic mass is 10.3. The van der Waals surface area contributed by atoms with Gasteiger partial charge in [-0.05, 0) is 54.7 Å². The molecule has 2 aromatic rings. The fraction of sp³-hybridized carbons (Fsp3) is 0.364. The third-order valence-corrected chi connectivity index (χ3v) is 3.88. The van der Waals surface area contributed by atoms with E-state index in [1.807, 2.05) is 0 Å². The monoisotopic (exact) mass is 362 g/mol. The zero-order valence-electron chi connectivity index (χ0n) is 10.6. The molecule has 0 N–H and O–H groups in total. The molecule has 0 saturated heterocycles. The lowest BCUT2D eigenvalue weighted by molar-refractivity contribution is 0.804. The summed E-state index contributed by atoms with van der Waals surface area (Å²) in [5.41, 5.74) is 1.96. The van der Waals surface area contributed by atoms with Gasteiger partial charge in [-0.2, -0.15) is 9.19 Å². The maximum atomic E-state index is 12.6. The van der Waals surface area contributed by atoms with Crippen molar-refractivity contribution in [3.63, 3.8) is 0 Å². The summed E-state index contributed by atoms with van der Waals surface area (Å²) in [7, 11) is 0. The van der Waals surface area contributed by atoms with E-state index in [0.717, 1.165) is 4.47 Å². The Kier molecular flexibility index (Phi) is 4.52. The second kappa shape index (κ2) is 5.80. The molecule has 0 saturated carbocycles. The van der Waals surface area contributed by atoms with E-state index in [1.165, 1.54) is 22.2 Å². The first-order valence-electron chi connectivity index (χ1n) is 5.45. The van der Waals surface area contributed by atoms with Crippen LogP contribution < -0.4 is 0 Å². The molecule has 0 aliphatic carbocycles. The summed E-state index contributed by atoms with van der Waals surface area (Å²) < 4.78 is 18.9. The minimum atomic E-state index is 0.0477. The molecule has 0 aromatic carbocycles. The standard InChI is InChI=1S/C11H12BrFN4S2/c1-11(2,3)18-15-6-8-7(12)4-10-9(16-8)5-14-17(10)19-13/h4-6H,1-3H3/b15-6+. The Morgan fingerprint density at radius 1 is 1.47 bits per heavy atom. The smallest absolute Gasteiger partial charge is 0.188 e. The number of rotatable bonds is 3. The van der Waals surface area contributed by atoms with Gasteiger partial charge in [-0.3, -0.25) is 0 Å². The number of halogens is 2. The van der Waals surface area contributed by atoms with Crippen LogP contribution >= 0.6 is 40.2 Å². The first kappa shape index (κ1) is 14.8. The Balaban J connectivity index is 2.32. The zero-order valence-corrected chi connectivity index (χ0v) is 13.8. The van der Waals surface area contributed by atoms with Gasteiger partial charge in [-0.1, -0.05) is 0 Å². The van der Waals surface area contributed by atoms with Gasteiger partial charge in [0.25, 0.3) is 0 Å². The van der Waals surface area contributed by atoms with Gasteiger partial charge < -0.3 is 0 Å². The molecule has 19 heavy (non-hydrogen) atoms. The average molecular weight is 363 g/mol. The third kappa shape index (κ3) is 3.70. The van der Waals surface area contributed by atoms with Crippen LogP contribution in [0.5, 0.6) is 0 Å². The van der Waals surface area contributed by atoms with Crippen molar-refractivity contribution in [1.29, 1.82) is 0 Å². The quantitative estimate of drug-likeness (QED) is 0.597. The van der Waals surface area contributed by atoms with E-state index in [2.05, 4.69) is 51.2 Å². The Labute approximate surface area is 128 Å². The molecule has 0 amide bonds. The van der Waals surface area contributed by atoms with Gasteiger partial charge in [-0.25, -0.2) is 9.38 Å². The van der Waals surface area contributed by atoms with Crippen LogP contribution in [0.1, 0.15) is 26.5 Å². The van der Waals surface area contributed by atoms with E-state index in [0.29, 0.717) is 16.7 Å². The highest BCUT2D eigenvalue weighted by molar-refractivity contribution is 9.10. The SMILES string of the molecule is CC(C)(C)S/N=C/c1nc2cnn(SF)c2cc1Br. The van der Waals surface area contributed by atoms with E-state index in [4.69, 9.17) is 0 Å². The summed E-state index contributed by atoms with van der Waals surface area (Å²) >= 11 is 4.93. The molecule has 2 heterocycles. The predicted molar refractivity (Wildman–Crippen MR) is 84.3 cm³/mol. The largest absolute Gasteiger partial charge is 0.242 e. The first-order valence-corrected chi connectivity index (χ1v) is 7.69. The van der Waals surface area contributed by atoms with Gasteiger partial charge in [-0.15, -0.1) is 3.89 Å². The highest BCUT2D eigenvalue weighted by Crippen LogP contribution is 2.26. The predicted octanol–water partition coefficient (Wildman–Crippen LogP) is 4.44. The third-order valence-electron chi connectivity index (χ3n) is 2.07. The topological polar surface area (TPSA) is 43.1 Å². The molecule has 2 aromatic heterocycles. The number of fused-ring (bicyclic) bond motifs is 1. The van der Waals surface area contributed by atoms with Crippen LogP contribution in [0.3, 0.4) is 0 Å². The van der Waals surface area contributed by atoms with Crippen molar-refractivity contribution in [2.24, 2.45) is 4.40 Å². The molecule has 0 aliphatic rings. The zero-order chi connectivity index (χ0) is 14.0. The Bertz CT molecular complexity index is 621. The van der Waals surface area contributed by atoms with E-state index in [-0.39, 0.29) is 17.1 Å². The lowest BCUT2D eigenvalue weighted by Gasteiger charge is -2.12. The van der Waals surface area contributed by atoms with Crippen molar-refractivity contribution in [2.45, 2.75) is 25.5 Å². The van der Waals surface area contributed by atoms with Crippen LogP contribution in [0.4, 0.5) is 3.89 Å². The van der Waals surface area contributed by atoms with Crippen molar-refractivity contribution in [2.75, 3.05) is 0 Å². The number of hydrogen-bond donors (Lipinski definition) is 0. The summed E-state index contributed by atoms with van der Waals surface area (Å²) in [5.74, 6) is 0. The second-order valence-corrected chi connectivity index (χ2v) is 7.74. The fourth-order valence-corrected chi connectivity index (χ4v) is 2.49. The summed E-state index contributed by atoms with van der Waals surface area (Å²) in [4.78, 5) is 4.39. The molecule has 0 spiro atoms. The molecule has 0 unspecified atom stereocenters. The van der Waals surface area contributed by atoms with Gasteiger partial charge in [0.05, 0.1) is 18.1 Å². The summed E-state index contributed by atoms with van der Waals surface area (Å²) in [6, 6.07) is 1.78. The van der Waals surface area contributed by atoms with E-state index < -0.39 is 0 Å². The Hall–Kier alpha value is -0.600. The molecule has 2 rings (SSSR count). The molecule has 102 valence electrons. The Morgan fingerprint density at radius 2 is 2.21 bits per heavy atom. The summed E-state index contributed by atoms with van der Waals surface area (Å²) in [6.07, 6.45) is 3.22. The van der Waals surface area contributed by atoms with Gasteiger partial charge >= 0.3 is 0 Å². The highest BCUT2D eigenvalue weighted by Gasteiger charge is 2.11. The van der Waals surface area contributed by atoms with Crippen LogP contribution in [-0.4, -0.2) is 25.1 Å². The van der Waals surface area contributed by atoms with E-state index >= 15 is 0 Å². The minimum Gasteiger partial charge on any atom is -0.242 e. The summed E-state index contributed by atoms with van der Waals surface area (Å²) in [6.45, 7) is 6.26. The number of hydrogen-bond acceptors (Lipinski definition) is 5. The van der Waals surface area contributed by atoms with Crippen molar-refractivity contribution in [3.05, 3.63) is 22.4 Å². The van der Waals surface area contributed by atoms with Gasteiger partial charge in [0, 0.05) is 9.22 Å². The van der Waals surface area contributed by atoms with E-state index in [9.17, 15) is 3.89 Å². The molecular weight excluding hydrogens is 351 g/mol. The first-order chi connectivity index (χ1) is 8.90. The lowest BCUT2D eigenvalue weighted by Crippen LogP contribution is -2.05. The van der Waals surface area contributed by atoms with Crippen LogP contribution in [0, 0.1) is 0 Å². The Morgan fingerprint density at radius 3 is 2.84 bits per heavy atom. The minimum absolute atomic E-state index is 0.0477. The number of nitrogens with zero attached hydrogens (tertiary/aromatic N) is 4. The summed E-state index contributed by atoms with van der Waals surface area (Å²) in [5, 5.41) is 3.89. The van der Waals surface area contributed by atoms with Crippen LogP contribution in [0.2, 0.25) is 0 Å². The fourth-order valence-electron chi connectivity index (χ4n) is 1.31. The van der Waals surface area contributed by atoms with Gasteiger partial charge in [0.2, 0.25) is 0 Å². The van der Waals surface area contributed by atoms with Gasteiger partial charge in [0.1, 0.15) is 11.0 Å². The van der Waals surface area contributed by atoms with Crippen molar-refractivity contribution < 1.29 is 3.89 Å². The maximum Gasteiger partial charge on any atom is 0.188 e. The molecule has 0 fully saturated rings. The molecule has 4 nitrogen and oxygen atoms in total. The van der Waals surface area contributed by atoms with Crippen LogP contribution in [0.25, 0.3) is 11.0 Å². The van der Waals surface area contributed by atoms with Crippen molar-refractivity contribution >= 4 is 57.5 Å². The normalized spacial score (nSPS) is 12.7. The van der Waals surface area contributed by atoms with Crippen molar-refractivity contribution in [3.8, 4) is 0 Å². The number of aromatic nitrogens is 3. The average Bonchev–Trinajstić information content (AvgIpc) is 2.69. The highest BCUT2D eigenvalue weighted by atomic mass is 79.9. The molecule has 0 radical (unpaired) electrons. The molecule has 0 bridgehead atoms. The van der Waals surface area contributed by atoms with E-state index in [1.54, 1.807) is 12.3 Å². The van der Waals surface area contributed by atoms with Crippen LogP contribution in [0.15, 0.2) is 21.1 Å². The molecule has 8 heteroatoms. The maximum absolute atomic E-state index is 12.6. The second-order valence-electron chi connectivity index (χ2n) is 4.78. The van der Waals surface area contributed by atoms with Crippen LogP contribution in [-0.2, 0) is 0 Å². The molecule has 0 aliphatic heterocycles. The molecule has 0 atom stereocenters.